The van der Waals surface area contributed by atoms with Gasteiger partial charge in [0.1, 0.15) is 11.6 Å². The van der Waals surface area contributed by atoms with Crippen LogP contribution in [0.1, 0.15) is 63.5 Å². The molecule has 2 fully saturated rings. The van der Waals surface area contributed by atoms with Gasteiger partial charge in [0.25, 0.3) is 0 Å². The van der Waals surface area contributed by atoms with Gasteiger partial charge in [0.2, 0.25) is 0 Å². The van der Waals surface area contributed by atoms with Gasteiger partial charge in [-0.1, -0.05) is 12.8 Å². The Hall–Kier alpha value is -1.63. The van der Waals surface area contributed by atoms with E-state index in [9.17, 15) is 0 Å². The van der Waals surface area contributed by atoms with Crippen LogP contribution in [-0.2, 0) is 19.4 Å². The minimum Gasteiger partial charge on any atom is -0.357 e. The third kappa shape index (κ3) is 4.67. The first kappa shape index (κ1) is 19.7. The first-order chi connectivity index (χ1) is 13.8. The summed E-state index contributed by atoms with van der Waals surface area (Å²) in [5.41, 5.74) is 0. The zero-order valence-corrected chi connectivity index (χ0v) is 17.6. The SMILES string of the molecule is CCNC(=NCCc1nnc2n1CCCCC2)N1CCC(N2CCCCC2)C1. The number of piperidine rings is 1. The predicted octanol–water partition coefficient (Wildman–Crippen LogP) is 2.07. The van der Waals surface area contributed by atoms with Crippen molar-refractivity contribution in [1.82, 2.24) is 29.9 Å². The lowest BCUT2D eigenvalue weighted by Gasteiger charge is -2.32. The van der Waals surface area contributed by atoms with Crippen LogP contribution < -0.4 is 5.32 Å². The standard InChI is InChI=1S/C21H37N7/c1-2-22-21(27-16-11-18(17-27)26-13-6-4-7-14-26)23-12-10-20-25-24-19-9-5-3-8-15-28(19)20/h18H,2-17H2,1H3,(H,22,23). The number of aryl methyl sites for hydroxylation is 1. The number of rotatable bonds is 5. The maximum Gasteiger partial charge on any atom is 0.193 e. The summed E-state index contributed by atoms with van der Waals surface area (Å²) in [6.45, 7) is 9.74. The Kier molecular flexibility index (Phi) is 6.83. The highest BCUT2D eigenvalue weighted by Crippen LogP contribution is 2.20. The Bertz CT molecular complexity index is 647. The van der Waals surface area contributed by atoms with Gasteiger partial charge < -0.3 is 14.8 Å². The van der Waals surface area contributed by atoms with Crippen molar-refractivity contribution < 1.29 is 0 Å². The molecule has 0 bridgehead atoms. The van der Waals surface area contributed by atoms with E-state index >= 15 is 0 Å². The summed E-state index contributed by atoms with van der Waals surface area (Å²) in [5, 5.41) is 12.4. The highest BCUT2D eigenvalue weighted by molar-refractivity contribution is 5.80. The number of hydrogen-bond acceptors (Lipinski definition) is 4. The van der Waals surface area contributed by atoms with Crippen LogP contribution in [-0.4, -0.2) is 75.8 Å². The van der Waals surface area contributed by atoms with E-state index in [1.807, 2.05) is 0 Å². The third-order valence-electron chi connectivity index (χ3n) is 6.49. The van der Waals surface area contributed by atoms with Crippen molar-refractivity contribution in [1.29, 1.82) is 0 Å². The smallest absolute Gasteiger partial charge is 0.193 e. The van der Waals surface area contributed by atoms with E-state index in [2.05, 4.69) is 36.8 Å². The number of fused-ring (bicyclic) bond motifs is 1. The summed E-state index contributed by atoms with van der Waals surface area (Å²) in [6, 6.07) is 0.705. The molecular weight excluding hydrogens is 350 g/mol. The molecule has 0 amide bonds. The van der Waals surface area contributed by atoms with Crippen molar-refractivity contribution in [3.63, 3.8) is 0 Å². The molecule has 1 atom stereocenters. The zero-order valence-electron chi connectivity index (χ0n) is 17.6. The average molecular weight is 388 g/mol. The molecule has 7 heteroatoms. The molecule has 4 heterocycles. The molecular formula is C21H37N7. The van der Waals surface area contributed by atoms with E-state index in [0.717, 1.165) is 57.3 Å². The van der Waals surface area contributed by atoms with Crippen molar-refractivity contribution in [2.45, 2.75) is 77.3 Å². The first-order valence-electron chi connectivity index (χ1n) is 11.5. The van der Waals surface area contributed by atoms with E-state index in [-0.39, 0.29) is 0 Å². The Morgan fingerprint density at radius 1 is 1.04 bits per heavy atom. The molecule has 4 rings (SSSR count). The Morgan fingerprint density at radius 2 is 1.86 bits per heavy atom. The number of nitrogens with one attached hydrogen (secondary N) is 1. The highest BCUT2D eigenvalue weighted by Gasteiger charge is 2.30. The number of nitrogens with zero attached hydrogens (tertiary/aromatic N) is 6. The normalized spacial score (nSPS) is 24.2. The summed E-state index contributed by atoms with van der Waals surface area (Å²) in [5.74, 6) is 3.37. The molecule has 3 aliphatic rings. The fourth-order valence-corrected chi connectivity index (χ4v) is 4.93. The van der Waals surface area contributed by atoms with Crippen LogP contribution in [0.5, 0.6) is 0 Å². The lowest BCUT2D eigenvalue weighted by atomic mass is 10.1. The van der Waals surface area contributed by atoms with Crippen LogP contribution in [0.3, 0.4) is 0 Å². The quantitative estimate of drug-likeness (QED) is 0.619. The minimum absolute atomic E-state index is 0.705. The maximum atomic E-state index is 4.95. The van der Waals surface area contributed by atoms with Gasteiger partial charge in [-0.2, -0.15) is 0 Å². The summed E-state index contributed by atoms with van der Waals surface area (Å²) in [4.78, 5) is 10.1. The van der Waals surface area contributed by atoms with Gasteiger partial charge in [-0.05, 0) is 52.1 Å². The van der Waals surface area contributed by atoms with Gasteiger partial charge in [-0.3, -0.25) is 9.89 Å². The average Bonchev–Trinajstić information content (AvgIpc) is 3.30. The second-order valence-corrected chi connectivity index (χ2v) is 8.47. The van der Waals surface area contributed by atoms with Crippen LogP contribution >= 0.6 is 0 Å². The number of guanidine groups is 1. The van der Waals surface area contributed by atoms with E-state index in [4.69, 9.17) is 4.99 Å². The van der Waals surface area contributed by atoms with Crippen LogP contribution in [0, 0.1) is 0 Å². The molecule has 2 saturated heterocycles. The third-order valence-corrected chi connectivity index (χ3v) is 6.49. The number of hydrogen-bond donors (Lipinski definition) is 1. The molecule has 0 aromatic carbocycles. The molecule has 28 heavy (non-hydrogen) atoms. The van der Waals surface area contributed by atoms with Gasteiger partial charge >= 0.3 is 0 Å². The Balaban J connectivity index is 1.34. The molecule has 1 N–H and O–H groups in total. The van der Waals surface area contributed by atoms with Gasteiger partial charge in [0.15, 0.2) is 5.96 Å². The molecule has 0 saturated carbocycles. The molecule has 0 spiro atoms. The number of likely N-dealkylation sites (tertiary alicyclic amines) is 2. The van der Waals surface area contributed by atoms with Crippen molar-refractivity contribution in [2.75, 3.05) is 39.3 Å². The van der Waals surface area contributed by atoms with Crippen molar-refractivity contribution in [2.24, 2.45) is 4.99 Å². The predicted molar refractivity (Wildman–Crippen MR) is 113 cm³/mol. The summed E-state index contributed by atoms with van der Waals surface area (Å²) in [6.07, 6.45) is 11.2. The lowest BCUT2D eigenvalue weighted by molar-refractivity contribution is 0.168. The highest BCUT2D eigenvalue weighted by atomic mass is 15.3. The molecule has 0 radical (unpaired) electrons. The zero-order chi connectivity index (χ0) is 19.2. The van der Waals surface area contributed by atoms with Crippen molar-refractivity contribution in [3.05, 3.63) is 11.6 Å². The molecule has 1 aromatic heterocycles. The van der Waals surface area contributed by atoms with Crippen LogP contribution in [0.2, 0.25) is 0 Å². The van der Waals surface area contributed by atoms with Gasteiger partial charge in [-0.25, -0.2) is 0 Å². The van der Waals surface area contributed by atoms with Gasteiger partial charge in [0.05, 0.1) is 0 Å². The molecule has 156 valence electrons. The Labute approximate surface area is 169 Å². The number of aromatic nitrogens is 3. The molecule has 3 aliphatic heterocycles. The Morgan fingerprint density at radius 3 is 2.71 bits per heavy atom. The fourth-order valence-electron chi connectivity index (χ4n) is 4.93. The topological polar surface area (TPSA) is 61.6 Å². The van der Waals surface area contributed by atoms with Gasteiger partial charge in [-0.15, -0.1) is 10.2 Å². The van der Waals surface area contributed by atoms with Crippen LogP contribution in [0.4, 0.5) is 0 Å². The van der Waals surface area contributed by atoms with E-state index in [1.165, 1.54) is 63.9 Å². The van der Waals surface area contributed by atoms with Crippen molar-refractivity contribution in [3.8, 4) is 0 Å². The van der Waals surface area contributed by atoms with E-state index in [0.29, 0.717) is 6.04 Å². The molecule has 1 unspecified atom stereocenters. The molecule has 7 nitrogen and oxygen atoms in total. The second-order valence-electron chi connectivity index (χ2n) is 8.47. The van der Waals surface area contributed by atoms with Crippen LogP contribution in [0.15, 0.2) is 4.99 Å². The largest absolute Gasteiger partial charge is 0.357 e. The van der Waals surface area contributed by atoms with E-state index in [1.54, 1.807) is 0 Å². The van der Waals surface area contributed by atoms with E-state index < -0.39 is 0 Å². The monoisotopic (exact) mass is 387 g/mol. The minimum atomic E-state index is 0.705. The van der Waals surface area contributed by atoms with Gasteiger partial charge in [0, 0.05) is 51.6 Å². The first-order valence-corrected chi connectivity index (χ1v) is 11.5. The number of aliphatic imine (C=N–C) groups is 1. The fraction of sp³-hybridized carbons (Fsp3) is 0.857. The maximum absolute atomic E-state index is 4.95. The summed E-state index contributed by atoms with van der Waals surface area (Å²) >= 11 is 0. The summed E-state index contributed by atoms with van der Waals surface area (Å²) < 4.78 is 2.34. The summed E-state index contributed by atoms with van der Waals surface area (Å²) in [7, 11) is 0. The second kappa shape index (κ2) is 9.72. The van der Waals surface area contributed by atoms with Crippen molar-refractivity contribution >= 4 is 5.96 Å². The van der Waals surface area contributed by atoms with Crippen LogP contribution in [0.25, 0.3) is 0 Å². The molecule has 1 aromatic rings. The molecule has 0 aliphatic carbocycles. The lowest BCUT2D eigenvalue weighted by Crippen LogP contribution is -2.44.